The maximum atomic E-state index is 12.9. The third-order valence-corrected chi connectivity index (χ3v) is 4.24. The van der Waals surface area contributed by atoms with Gasteiger partial charge >= 0.3 is 5.97 Å². The van der Waals surface area contributed by atoms with Crippen LogP contribution in [0.3, 0.4) is 0 Å². The number of fused-ring (bicyclic) bond motifs is 1. The van der Waals surface area contributed by atoms with Crippen LogP contribution >= 0.6 is 11.6 Å². The number of hydrogen-bond acceptors (Lipinski definition) is 4. The van der Waals surface area contributed by atoms with Crippen LogP contribution in [-0.4, -0.2) is 34.4 Å². The number of rotatable bonds is 3. The lowest BCUT2D eigenvalue weighted by atomic mass is 9.93. The van der Waals surface area contributed by atoms with E-state index in [0.29, 0.717) is 18.0 Å². The van der Waals surface area contributed by atoms with E-state index in [2.05, 4.69) is 4.98 Å². The van der Waals surface area contributed by atoms with Crippen molar-refractivity contribution >= 4 is 23.5 Å². The van der Waals surface area contributed by atoms with Crippen molar-refractivity contribution < 1.29 is 14.3 Å². The second-order valence-electron chi connectivity index (χ2n) is 5.54. The summed E-state index contributed by atoms with van der Waals surface area (Å²) in [6.07, 6.45) is 1.86. The van der Waals surface area contributed by atoms with Crippen molar-refractivity contribution in [2.75, 3.05) is 6.61 Å². The number of nitrogens with zero attached hydrogens (tertiary/aromatic N) is 2. The Balaban J connectivity index is 1.94. The van der Waals surface area contributed by atoms with Gasteiger partial charge in [-0.25, -0.2) is 9.78 Å². The van der Waals surface area contributed by atoms with Gasteiger partial charge in [0.05, 0.1) is 11.6 Å². The molecular formula is C18H17ClN2O3. The van der Waals surface area contributed by atoms with Crippen molar-refractivity contribution in [2.24, 2.45) is 0 Å². The Morgan fingerprint density at radius 2 is 2.00 bits per heavy atom. The fourth-order valence-electron chi connectivity index (χ4n) is 2.83. The van der Waals surface area contributed by atoms with Crippen LogP contribution in [0.4, 0.5) is 0 Å². The fourth-order valence-corrected chi connectivity index (χ4v) is 2.95. The van der Waals surface area contributed by atoms with E-state index in [0.717, 1.165) is 11.1 Å². The molecule has 124 valence electrons. The summed E-state index contributed by atoms with van der Waals surface area (Å²) in [6, 6.07) is 10.3. The standard InChI is InChI=1S/C18H17ClN2O3/c1-2-24-18(23)16-9-12-5-3-4-6-13(12)11-21(16)17(22)15-8-7-14(19)10-20-15/h3-8,10,16H,2,9,11H2,1H3. The molecule has 24 heavy (non-hydrogen) atoms. The number of carbonyl (C=O) groups excluding carboxylic acids is 2. The van der Waals surface area contributed by atoms with E-state index in [1.165, 1.54) is 11.1 Å². The first-order valence-electron chi connectivity index (χ1n) is 7.76. The molecule has 1 aromatic carbocycles. The first-order valence-corrected chi connectivity index (χ1v) is 8.14. The van der Waals surface area contributed by atoms with Crippen molar-refractivity contribution in [3.63, 3.8) is 0 Å². The topological polar surface area (TPSA) is 59.5 Å². The zero-order chi connectivity index (χ0) is 17.1. The van der Waals surface area contributed by atoms with Gasteiger partial charge in [-0.3, -0.25) is 4.79 Å². The molecule has 0 saturated heterocycles. The molecule has 3 rings (SSSR count). The minimum absolute atomic E-state index is 0.257. The Morgan fingerprint density at radius 3 is 2.67 bits per heavy atom. The Kier molecular flexibility index (Phi) is 4.81. The molecular weight excluding hydrogens is 328 g/mol. The molecule has 2 aromatic rings. The number of amides is 1. The lowest BCUT2D eigenvalue weighted by Crippen LogP contribution is -2.49. The highest BCUT2D eigenvalue weighted by molar-refractivity contribution is 6.30. The molecule has 6 heteroatoms. The van der Waals surface area contributed by atoms with Gasteiger partial charge in [0.15, 0.2) is 0 Å². The van der Waals surface area contributed by atoms with Crippen molar-refractivity contribution in [3.05, 3.63) is 64.4 Å². The predicted octanol–water partition coefficient (Wildman–Crippen LogP) is 2.87. The Labute approximate surface area is 145 Å². The molecule has 1 amide bonds. The lowest BCUT2D eigenvalue weighted by Gasteiger charge is -2.35. The first-order chi connectivity index (χ1) is 11.6. The van der Waals surface area contributed by atoms with E-state index < -0.39 is 12.0 Å². The molecule has 1 aromatic heterocycles. The molecule has 1 aliphatic rings. The number of halogens is 1. The summed E-state index contributed by atoms with van der Waals surface area (Å²) in [5.74, 6) is -0.700. The van der Waals surface area contributed by atoms with Gasteiger partial charge < -0.3 is 9.64 Å². The minimum Gasteiger partial charge on any atom is -0.464 e. The van der Waals surface area contributed by atoms with E-state index in [-0.39, 0.29) is 18.2 Å². The molecule has 0 bridgehead atoms. The second kappa shape index (κ2) is 7.01. The fraction of sp³-hybridized carbons (Fsp3) is 0.278. The van der Waals surface area contributed by atoms with Gasteiger partial charge in [0.2, 0.25) is 0 Å². The molecule has 1 atom stereocenters. The summed E-state index contributed by atoms with van der Waals surface area (Å²) in [5, 5.41) is 0.456. The number of esters is 1. The molecule has 1 unspecified atom stereocenters. The number of carbonyl (C=O) groups is 2. The second-order valence-corrected chi connectivity index (χ2v) is 5.97. The summed E-state index contributed by atoms with van der Waals surface area (Å²) in [6.45, 7) is 2.38. The van der Waals surface area contributed by atoms with Gasteiger partial charge in [-0.1, -0.05) is 35.9 Å². The Hall–Kier alpha value is -2.40. The molecule has 0 radical (unpaired) electrons. The van der Waals surface area contributed by atoms with E-state index in [1.807, 2.05) is 24.3 Å². The Bertz CT molecular complexity index is 761. The maximum Gasteiger partial charge on any atom is 0.329 e. The van der Waals surface area contributed by atoms with Gasteiger partial charge in [0, 0.05) is 19.2 Å². The molecule has 0 aliphatic carbocycles. The highest BCUT2D eigenvalue weighted by atomic mass is 35.5. The highest BCUT2D eigenvalue weighted by Gasteiger charge is 2.36. The normalized spacial score (nSPS) is 16.4. The van der Waals surface area contributed by atoms with Crippen LogP contribution in [0, 0.1) is 0 Å². The van der Waals surface area contributed by atoms with Crippen LogP contribution in [0.5, 0.6) is 0 Å². The molecule has 0 N–H and O–H groups in total. The van der Waals surface area contributed by atoms with Gasteiger partial charge in [0.1, 0.15) is 11.7 Å². The third kappa shape index (κ3) is 3.26. The predicted molar refractivity (Wildman–Crippen MR) is 89.7 cm³/mol. The SMILES string of the molecule is CCOC(=O)C1Cc2ccccc2CN1C(=O)c1ccc(Cl)cn1. The minimum atomic E-state index is -0.648. The molecule has 0 spiro atoms. The zero-order valence-electron chi connectivity index (χ0n) is 13.2. The number of pyridine rings is 1. The van der Waals surface area contributed by atoms with E-state index >= 15 is 0 Å². The van der Waals surface area contributed by atoms with Crippen LogP contribution in [0.1, 0.15) is 28.5 Å². The highest BCUT2D eigenvalue weighted by Crippen LogP contribution is 2.25. The van der Waals surface area contributed by atoms with Crippen LogP contribution in [-0.2, 0) is 22.5 Å². The Morgan fingerprint density at radius 1 is 1.25 bits per heavy atom. The van der Waals surface area contributed by atoms with Gasteiger partial charge in [-0.2, -0.15) is 0 Å². The van der Waals surface area contributed by atoms with Gasteiger partial charge in [-0.15, -0.1) is 0 Å². The number of aromatic nitrogens is 1. The van der Waals surface area contributed by atoms with Crippen LogP contribution in [0.25, 0.3) is 0 Å². The lowest BCUT2D eigenvalue weighted by molar-refractivity contribution is -0.149. The van der Waals surface area contributed by atoms with Crippen LogP contribution in [0.15, 0.2) is 42.6 Å². The largest absolute Gasteiger partial charge is 0.464 e. The van der Waals surface area contributed by atoms with Crippen molar-refractivity contribution in [3.8, 4) is 0 Å². The quantitative estimate of drug-likeness (QED) is 0.803. The zero-order valence-corrected chi connectivity index (χ0v) is 14.0. The average molecular weight is 345 g/mol. The summed E-state index contributed by atoms with van der Waals surface area (Å²) in [4.78, 5) is 30.8. The molecule has 2 heterocycles. The molecule has 5 nitrogen and oxygen atoms in total. The summed E-state index contributed by atoms with van der Waals surface area (Å²) >= 11 is 5.83. The van der Waals surface area contributed by atoms with Crippen LogP contribution in [0.2, 0.25) is 5.02 Å². The molecule has 0 fully saturated rings. The smallest absolute Gasteiger partial charge is 0.329 e. The average Bonchev–Trinajstić information content (AvgIpc) is 2.61. The number of benzene rings is 1. The van der Waals surface area contributed by atoms with E-state index in [1.54, 1.807) is 19.1 Å². The van der Waals surface area contributed by atoms with E-state index in [9.17, 15) is 9.59 Å². The first kappa shape index (κ1) is 16.5. The number of ether oxygens (including phenoxy) is 1. The van der Waals surface area contributed by atoms with Crippen molar-refractivity contribution in [2.45, 2.75) is 25.9 Å². The molecule has 1 aliphatic heterocycles. The van der Waals surface area contributed by atoms with Crippen LogP contribution < -0.4 is 0 Å². The number of hydrogen-bond donors (Lipinski definition) is 0. The molecule has 0 saturated carbocycles. The third-order valence-electron chi connectivity index (χ3n) is 4.01. The van der Waals surface area contributed by atoms with Gasteiger partial charge in [0.25, 0.3) is 5.91 Å². The monoisotopic (exact) mass is 344 g/mol. The summed E-state index contributed by atoms with van der Waals surface area (Å²) in [5.41, 5.74) is 2.34. The van der Waals surface area contributed by atoms with Crippen molar-refractivity contribution in [1.82, 2.24) is 9.88 Å². The maximum absolute atomic E-state index is 12.9. The summed E-state index contributed by atoms with van der Waals surface area (Å²) in [7, 11) is 0. The van der Waals surface area contributed by atoms with E-state index in [4.69, 9.17) is 16.3 Å². The van der Waals surface area contributed by atoms with Gasteiger partial charge in [-0.05, 0) is 30.2 Å². The summed E-state index contributed by atoms with van der Waals surface area (Å²) < 4.78 is 5.16. The van der Waals surface area contributed by atoms with Crippen molar-refractivity contribution in [1.29, 1.82) is 0 Å².